The first kappa shape index (κ1) is 14.7. The predicted molar refractivity (Wildman–Crippen MR) is 78.8 cm³/mol. The number of nitrogens with one attached hydrogen (secondary N) is 1. The first-order valence-corrected chi connectivity index (χ1v) is 7.17. The van der Waals surface area contributed by atoms with E-state index in [1.165, 1.54) is 0 Å². The molecule has 0 aliphatic carbocycles. The van der Waals surface area contributed by atoms with Gasteiger partial charge < -0.3 is 15.1 Å². The van der Waals surface area contributed by atoms with Gasteiger partial charge in [-0.25, -0.2) is 4.98 Å². The van der Waals surface area contributed by atoms with Crippen LogP contribution in [0.25, 0.3) is 0 Å². The largest absolute Gasteiger partial charge is 0.369 e. The Morgan fingerprint density at radius 2 is 2.25 bits per heavy atom. The summed E-state index contributed by atoms with van der Waals surface area (Å²) in [6, 6.07) is 0.204. The molecule has 0 bridgehead atoms. The minimum Gasteiger partial charge on any atom is -0.369 e. The molecule has 1 aromatic rings. The summed E-state index contributed by atoms with van der Waals surface area (Å²) in [6.45, 7) is 7.52. The molecule has 1 saturated heterocycles. The summed E-state index contributed by atoms with van der Waals surface area (Å²) in [5.41, 5.74) is 0.419. The van der Waals surface area contributed by atoms with Crippen LogP contribution in [0.5, 0.6) is 0 Å². The number of amides is 1. The van der Waals surface area contributed by atoms with Gasteiger partial charge in [0.2, 0.25) is 0 Å². The lowest BCUT2D eigenvalue weighted by Crippen LogP contribution is -2.52. The molecule has 2 heterocycles. The van der Waals surface area contributed by atoms with E-state index in [0.717, 1.165) is 32.6 Å². The summed E-state index contributed by atoms with van der Waals surface area (Å²) in [5, 5.41) is 3.16. The number of nitrogens with zero attached hydrogens (tertiary/aromatic N) is 4. The van der Waals surface area contributed by atoms with Crippen LogP contribution in [0.15, 0.2) is 12.4 Å². The molecular formula is C14H23N5O. The summed E-state index contributed by atoms with van der Waals surface area (Å²) in [6.07, 6.45) is 4.21. The molecule has 0 aromatic carbocycles. The van der Waals surface area contributed by atoms with Crippen LogP contribution in [-0.4, -0.2) is 64.9 Å². The minimum atomic E-state index is -0.0294. The van der Waals surface area contributed by atoms with Crippen molar-refractivity contribution in [2.24, 2.45) is 0 Å². The fraction of sp³-hybridized carbons (Fsp3) is 0.643. The third kappa shape index (κ3) is 3.45. The van der Waals surface area contributed by atoms with Gasteiger partial charge in [-0.3, -0.25) is 9.78 Å². The van der Waals surface area contributed by atoms with E-state index in [-0.39, 0.29) is 11.9 Å². The molecule has 1 N–H and O–H groups in total. The van der Waals surface area contributed by atoms with Gasteiger partial charge in [-0.2, -0.15) is 0 Å². The number of carbonyl (C=O) groups excluding carboxylic acids is 1. The molecule has 0 saturated carbocycles. The van der Waals surface area contributed by atoms with Crippen LogP contribution in [-0.2, 0) is 0 Å². The third-order valence-electron chi connectivity index (χ3n) is 3.50. The molecule has 6 heteroatoms. The normalized spacial score (nSPS) is 19.9. The number of hydrogen-bond acceptors (Lipinski definition) is 5. The number of aromatic nitrogens is 2. The van der Waals surface area contributed by atoms with Crippen molar-refractivity contribution >= 4 is 11.7 Å². The quantitative estimate of drug-likeness (QED) is 0.892. The first-order chi connectivity index (χ1) is 9.61. The molecule has 2 rings (SSSR count). The maximum Gasteiger partial charge on any atom is 0.274 e. The third-order valence-corrected chi connectivity index (χ3v) is 3.50. The Balaban J connectivity index is 2.08. The molecule has 6 nitrogen and oxygen atoms in total. The van der Waals surface area contributed by atoms with Crippen molar-refractivity contribution in [2.75, 3.05) is 38.5 Å². The Morgan fingerprint density at radius 1 is 1.45 bits per heavy atom. The summed E-state index contributed by atoms with van der Waals surface area (Å²) in [7, 11) is 2.08. The van der Waals surface area contributed by atoms with Crippen LogP contribution in [0.3, 0.4) is 0 Å². The van der Waals surface area contributed by atoms with Crippen molar-refractivity contribution in [1.82, 2.24) is 19.8 Å². The number of likely N-dealkylation sites (N-methyl/N-ethyl adjacent to an activating group) is 1. The lowest BCUT2D eigenvalue weighted by Gasteiger charge is -2.37. The molecule has 1 fully saturated rings. The van der Waals surface area contributed by atoms with E-state index < -0.39 is 0 Å². The van der Waals surface area contributed by atoms with Crippen LogP contribution < -0.4 is 5.32 Å². The van der Waals surface area contributed by atoms with E-state index in [1.54, 1.807) is 12.4 Å². The Labute approximate surface area is 120 Å². The smallest absolute Gasteiger partial charge is 0.274 e. The molecule has 1 atom stereocenters. The standard InChI is InChI=1S/C14H23N5O/c1-4-5-16-13-9-15-8-12(17-13)14(20)19-7-6-18(3)10-11(19)2/h8-9,11H,4-7,10H2,1-3H3,(H,16,17). The minimum absolute atomic E-state index is 0.0294. The Morgan fingerprint density at radius 3 is 2.95 bits per heavy atom. The van der Waals surface area contributed by atoms with Gasteiger partial charge in [0.05, 0.1) is 12.4 Å². The number of hydrogen-bond donors (Lipinski definition) is 1. The van der Waals surface area contributed by atoms with Crippen molar-refractivity contribution < 1.29 is 4.79 Å². The zero-order chi connectivity index (χ0) is 14.5. The lowest BCUT2D eigenvalue weighted by atomic mass is 10.2. The van der Waals surface area contributed by atoms with Gasteiger partial charge >= 0.3 is 0 Å². The highest BCUT2D eigenvalue weighted by molar-refractivity contribution is 5.92. The fourth-order valence-corrected chi connectivity index (χ4v) is 2.40. The maximum absolute atomic E-state index is 12.5. The molecule has 0 spiro atoms. The molecule has 1 aliphatic rings. The van der Waals surface area contributed by atoms with Crippen molar-refractivity contribution in [3.63, 3.8) is 0 Å². The average Bonchev–Trinajstić information content (AvgIpc) is 2.45. The van der Waals surface area contributed by atoms with E-state index in [4.69, 9.17) is 0 Å². The second-order valence-corrected chi connectivity index (χ2v) is 5.33. The highest BCUT2D eigenvalue weighted by Gasteiger charge is 2.27. The Kier molecular flexibility index (Phi) is 4.89. The summed E-state index contributed by atoms with van der Waals surface area (Å²) in [5.74, 6) is 0.637. The number of piperazine rings is 1. The zero-order valence-corrected chi connectivity index (χ0v) is 12.5. The molecule has 1 aromatic heterocycles. The van der Waals surface area contributed by atoms with Crippen LogP contribution in [0.1, 0.15) is 30.8 Å². The van der Waals surface area contributed by atoms with Gasteiger partial charge in [-0.15, -0.1) is 0 Å². The van der Waals surface area contributed by atoms with Gasteiger partial charge in [0.25, 0.3) is 5.91 Å². The maximum atomic E-state index is 12.5. The van der Waals surface area contributed by atoms with Crippen LogP contribution in [0.4, 0.5) is 5.82 Å². The van der Waals surface area contributed by atoms with Gasteiger partial charge in [0.1, 0.15) is 11.5 Å². The van der Waals surface area contributed by atoms with Crippen molar-refractivity contribution in [1.29, 1.82) is 0 Å². The Hall–Kier alpha value is -1.69. The van der Waals surface area contributed by atoms with E-state index in [9.17, 15) is 4.79 Å². The molecule has 1 amide bonds. The summed E-state index contributed by atoms with van der Waals surface area (Å²) >= 11 is 0. The van der Waals surface area contributed by atoms with Crippen molar-refractivity contribution in [2.45, 2.75) is 26.3 Å². The molecule has 1 aliphatic heterocycles. The van der Waals surface area contributed by atoms with Gasteiger partial charge in [-0.1, -0.05) is 6.92 Å². The van der Waals surface area contributed by atoms with E-state index in [2.05, 4.69) is 41.1 Å². The molecule has 20 heavy (non-hydrogen) atoms. The highest BCUT2D eigenvalue weighted by atomic mass is 16.2. The average molecular weight is 277 g/mol. The zero-order valence-electron chi connectivity index (χ0n) is 12.5. The molecule has 0 radical (unpaired) electrons. The number of carbonyl (C=O) groups is 1. The van der Waals surface area contributed by atoms with Gasteiger partial charge in [0.15, 0.2) is 0 Å². The highest BCUT2D eigenvalue weighted by Crippen LogP contribution is 2.12. The fourth-order valence-electron chi connectivity index (χ4n) is 2.40. The number of anilines is 1. The number of rotatable bonds is 4. The van der Waals surface area contributed by atoms with E-state index >= 15 is 0 Å². The Bertz CT molecular complexity index is 465. The van der Waals surface area contributed by atoms with Crippen LogP contribution >= 0.6 is 0 Å². The second kappa shape index (κ2) is 6.65. The molecular weight excluding hydrogens is 254 g/mol. The summed E-state index contributed by atoms with van der Waals surface area (Å²) < 4.78 is 0. The monoisotopic (exact) mass is 277 g/mol. The summed E-state index contributed by atoms with van der Waals surface area (Å²) in [4.78, 5) is 25.1. The lowest BCUT2D eigenvalue weighted by molar-refractivity contribution is 0.0527. The van der Waals surface area contributed by atoms with Crippen LogP contribution in [0, 0.1) is 0 Å². The van der Waals surface area contributed by atoms with Gasteiger partial charge in [-0.05, 0) is 20.4 Å². The van der Waals surface area contributed by atoms with Crippen molar-refractivity contribution in [3.05, 3.63) is 18.1 Å². The topological polar surface area (TPSA) is 61.4 Å². The second-order valence-electron chi connectivity index (χ2n) is 5.33. The van der Waals surface area contributed by atoms with Crippen LogP contribution in [0.2, 0.25) is 0 Å². The van der Waals surface area contributed by atoms with E-state index in [1.807, 2.05) is 4.90 Å². The first-order valence-electron chi connectivity index (χ1n) is 7.17. The molecule has 1 unspecified atom stereocenters. The predicted octanol–water partition coefficient (Wildman–Crippen LogP) is 1.07. The van der Waals surface area contributed by atoms with Crippen molar-refractivity contribution in [3.8, 4) is 0 Å². The van der Waals surface area contributed by atoms with Gasteiger partial charge in [0, 0.05) is 32.2 Å². The SMILES string of the molecule is CCCNc1cncc(C(=O)N2CCN(C)CC2C)n1. The van der Waals surface area contributed by atoms with E-state index in [0.29, 0.717) is 11.5 Å². The molecule has 110 valence electrons.